The van der Waals surface area contributed by atoms with Crippen molar-refractivity contribution >= 4 is 12.0 Å². The Hall–Kier alpha value is -2.04. The van der Waals surface area contributed by atoms with E-state index in [9.17, 15) is 9.59 Å². The van der Waals surface area contributed by atoms with Crippen molar-refractivity contribution in [3.8, 4) is 0 Å². The molecule has 0 radical (unpaired) electrons. The van der Waals surface area contributed by atoms with Gasteiger partial charge in [-0.05, 0) is 11.5 Å². The highest BCUT2D eigenvalue weighted by molar-refractivity contribution is 5.85. The number of rotatable bonds is 5. The fourth-order valence-electron chi connectivity index (χ4n) is 1.58. The van der Waals surface area contributed by atoms with Gasteiger partial charge in [-0.25, -0.2) is 4.79 Å². The maximum absolute atomic E-state index is 11.6. The molecule has 104 valence electrons. The van der Waals surface area contributed by atoms with Crippen LogP contribution in [0.15, 0.2) is 30.3 Å². The van der Waals surface area contributed by atoms with Crippen LogP contribution in [0.1, 0.15) is 19.4 Å². The van der Waals surface area contributed by atoms with Crippen LogP contribution in [0.4, 0.5) is 4.79 Å². The minimum atomic E-state index is -0.592. The van der Waals surface area contributed by atoms with Gasteiger partial charge in [-0.2, -0.15) is 0 Å². The Morgan fingerprint density at radius 3 is 2.37 bits per heavy atom. The molecule has 0 saturated heterocycles. The lowest BCUT2D eigenvalue weighted by atomic mass is 10.0. The predicted molar refractivity (Wildman–Crippen MR) is 72.5 cm³/mol. The molecule has 1 rings (SSSR count). The zero-order chi connectivity index (χ0) is 14.3. The predicted octanol–water partition coefficient (Wildman–Crippen LogP) is 1.68. The first kappa shape index (κ1) is 15.0. The number of hydrogen-bond donors (Lipinski definition) is 2. The normalized spacial score (nSPS) is 11.8. The van der Waals surface area contributed by atoms with Gasteiger partial charge in [0.1, 0.15) is 12.6 Å². The smallest absolute Gasteiger partial charge is 0.408 e. The molecular formula is C14H20N2O3. The van der Waals surface area contributed by atoms with Crippen LogP contribution in [-0.2, 0) is 16.1 Å². The summed E-state index contributed by atoms with van der Waals surface area (Å²) in [5.74, 6) is -0.240. The summed E-state index contributed by atoms with van der Waals surface area (Å²) < 4.78 is 5.07. The molecule has 0 spiro atoms. The van der Waals surface area contributed by atoms with Crippen LogP contribution in [-0.4, -0.2) is 25.1 Å². The monoisotopic (exact) mass is 264 g/mol. The van der Waals surface area contributed by atoms with Crippen molar-refractivity contribution in [3.05, 3.63) is 35.9 Å². The van der Waals surface area contributed by atoms with Crippen LogP contribution >= 0.6 is 0 Å². The van der Waals surface area contributed by atoms with Crippen LogP contribution in [0.2, 0.25) is 0 Å². The third-order valence-electron chi connectivity index (χ3n) is 2.68. The maximum Gasteiger partial charge on any atom is 0.408 e. The van der Waals surface area contributed by atoms with E-state index in [0.29, 0.717) is 0 Å². The van der Waals surface area contributed by atoms with Gasteiger partial charge in [0.25, 0.3) is 0 Å². The second-order valence-corrected chi connectivity index (χ2v) is 4.54. The number of ether oxygens (including phenoxy) is 1. The quantitative estimate of drug-likeness (QED) is 0.850. The molecule has 0 aliphatic rings. The number of carbonyl (C=O) groups is 2. The topological polar surface area (TPSA) is 67.4 Å². The summed E-state index contributed by atoms with van der Waals surface area (Å²) in [5.41, 5.74) is 0.902. The number of amides is 2. The van der Waals surface area contributed by atoms with E-state index in [1.807, 2.05) is 44.2 Å². The van der Waals surface area contributed by atoms with Crippen molar-refractivity contribution in [1.29, 1.82) is 0 Å². The molecule has 0 aromatic heterocycles. The summed E-state index contributed by atoms with van der Waals surface area (Å²) in [4.78, 5) is 23.2. The van der Waals surface area contributed by atoms with Crippen molar-refractivity contribution in [1.82, 2.24) is 10.6 Å². The average molecular weight is 264 g/mol. The summed E-state index contributed by atoms with van der Waals surface area (Å²) in [6.45, 7) is 3.90. The third kappa shape index (κ3) is 4.99. The largest absolute Gasteiger partial charge is 0.445 e. The molecule has 19 heavy (non-hydrogen) atoms. The van der Waals surface area contributed by atoms with E-state index < -0.39 is 12.1 Å². The molecule has 2 amide bonds. The Morgan fingerprint density at radius 1 is 1.21 bits per heavy atom. The number of nitrogens with one attached hydrogen (secondary N) is 2. The Balaban J connectivity index is 2.47. The first-order valence-corrected chi connectivity index (χ1v) is 6.23. The van der Waals surface area contributed by atoms with E-state index in [1.165, 1.54) is 7.05 Å². The molecule has 0 bridgehead atoms. The zero-order valence-corrected chi connectivity index (χ0v) is 11.5. The van der Waals surface area contributed by atoms with Crippen LogP contribution in [0, 0.1) is 5.92 Å². The summed E-state index contributed by atoms with van der Waals surface area (Å²) in [6.07, 6.45) is -0.592. The second-order valence-electron chi connectivity index (χ2n) is 4.54. The Bertz CT molecular complexity index is 418. The van der Waals surface area contributed by atoms with Crippen LogP contribution in [0.5, 0.6) is 0 Å². The fourth-order valence-corrected chi connectivity index (χ4v) is 1.58. The Kier molecular flexibility index (Phi) is 5.85. The van der Waals surface area contributed by atoms with Crippen LogP contribution < -0.4 is 10.6 Å². The molecule has 5 nitrogen and oxygen atoms in total. The van der Waals surface area contributed by atoms with Gasteiger partial charge in [0.05, 0.1) is 0 Å². The summed E-state index contributed by atoms with van der Waals surface area (Å²) in [5, 5.41) is 5.08. The maximum atomic E-state index is 11.6. The van der Waals surface area contributed by atoms with Gasteiger partial charge in [0.2, 0.25) is 5.91 Å². The van der Waals surface area contributed by atoms with E-state index >= 15 is 0 Å². The van der Waals surface area contributed by atoms with Gasteiger partial charge >= 0.3 is 6.09 Å². The number of alkyl carbamates (subject to hydrolysis) is 1. The number of hydrogen-bond acceptors (Lipinski definition) is 3. The van der Waals surface area contributed by atoms with Crippen molar-refractivity contribution < 1.29 is 14.3 Å². The molecule has 1 aromatic carbocycles. The molecule has 2 N–H and O–H groups in total. The summed E-state index contributed by atoms with van der Waals surface area (Å²) in [6, 6.07) is 8.78. The molecule has 0 aliphatic carbocycles. The highest BCUT2D eigenvalue weighted by Crippen LogP contribution is 2.04. The minimum Gasteiger partial charge on any atom is -0.445 e. The first-order valence-electron chi connectivity index (χ1n) is 6.23. The molecule has 0 saturated carbocycles. The summed E-state index contributed by atoms with van der Waals surface area (Å²) >= 11 is 0. The molecule has 1 aromatic rings. The van der Waals surface area contributed by atoms with E-state index in [-0.39, 0.29) is 18.4 Å². The number of benzene rings is 1. The Labute approximate surface area is 113 Å². The lowest BCUT2D eigenvalue weighted by Crippen LogP contribution is -2.48. The van der Waals surface area contributed by atoms with Crippen molar-refractivity contribution in [2.45, 2.75) is 26.5 Å². The third-order valence-corrected chi connectivity index (χ3v) is 2.68. The molecule has 0 aliphatic heterocycles. The average Bonchev–Trinajstić information content (AvgIpc) is 2.42. The Morgan fingerprint density at radius 2 is 1.84 bits per heavy atom. The molecule has 1 atom stereocenters. The van der Waals surface area contributed by atoms with Gasteiger partial charge in [-0.15, -0.1) is 0 Å². The van der Waals surface area contributed by atoms with E-state index in [1.54, 1.807) is 0 Å². The van der Waals surface area contributed by atoms with E-state index in [4.69, 9.17) is 4.74 Å². The highest BCUT2D eigenvalue weighted by atomic mass is 16.5. The SMILES string of the molecule is CNC(=O)[C@H](NC(=O)OCc1ccccc1)C(C)C. The lowest BCUT2D eigenvalue weighted by Gasteiger charge is -2.20. The van der Waals surface area contributed by atoms with Crippen molar-refractivity contribution in [3.63, 3.8) is 0 Å². The standard InChI is InChI=1S/C14H20N2O3/c1-10(2)12(13(17)15-3)16-14(18)19-9-11-7-5-4-6-8-11/h4-8,10,12H,9H2,1-3H3,(H,15,17)(H,16,18)/t12-/m1/s1. The lowest BCUT2D eigenvalue weighted by molar-refractivity contribution is -0.123. The van der Waals surface area contributed by atoms with Crippen LogP contribution in [0.3, 0.4) is 0 Å². The zero-order valence-electron chi connectivity index (χ0n) is 11.5. The van der Waals surface area contributed by atoms with E-state index in [0.717, 1.165) is 5.56 Å². The van der Waals surface area contributed by atoms with Crippen molar-refractivity contribution in [2.24, 2.45) is 5.92 Å². The number of likely N-dealkylation sites (N-methyl/N-ethyl adjacent to an activating group) is 1. The fraction of sp³-hybridized carbons (Fsp3) is 0.429. The van der Waals surface area contributed by atoms with Crippen LogP contribution in [0.25, 0.3) is 0 Å². The van der Waals surface area contributed by atoms with Gasteiger partial charge in [0.15, 0.2) is 0 Å². The van der Waals surface area contributed by atoms with Gasteiger partial charge < -0.3 is 15.4 Å². The second kappa shape index (κ2) is 7.41. The molecule has 0 heterocycles. The minimum absolute atomic E-state index is 0.00998. The molecule has 0 unspecified atom stereocenters. The first-order chi connectivity index (χ1) is 9.04. The molecule has 5 heteroatoms. The molecule has 0 fully saturated rings. The van der Waals surface area contributed by atoms with E-state index in [2.05, 4.69) is 10.6 Å². The van der Waals surface area contributed by atoms with Crippen molar-refractivity contribution in [2.75, 3.05) is 7.05 Å². The number of carbonyl (C=O) groups excluding carboxylic acids is 2. The van der Waals surface area contributed by atoms with Gasteiger partial charge in [-0.3, -0.25) is 4.79 Å². The highest BCUT2D eigenvalue weighted by Gasteiger charge is 2.23. The van der Waals surface area contributed by atoms with Gasteiger partial charge in [0, 0.05) is 7.05 Å². The van der Waals surface area contributed by atoms with Gasteiger partial charge in [-0.1, -0.05) is 44.2 Å². The summed E-state index contributed by atoms with van der Waals surface area (Å²) in [7, 11) is 1.54. The molecular weight excluding hydrogens is 244 g/mol.